The van der Waals surface area contributed by atoms with E-state index in [0.717, 1.165) is 16.9 Å². The second-order valence-electron chi connectivity index (χ2n) is 5.39. The Kier molecular flexibility index (Phi) is 7.29. The molecule has 0 aromatic heterocycles. The van der Waals surface area contributed by atoms with E-state index in [0.29, 0.717) is 5.02 Å². The molecule has 0 saturated carbocycles. The molecule has 0 heterocycles. The van der Waals surface area contributed by atoms with Crippen molar-refractivity contribution < 1.29 is 19.1 Å². The average Bonchev–Trinajstić information content (AvgIpc) is 2.61. The van der Waals surface area contributed by atoms with Gasteiger partial charge in [-0.3, -0.25) is 9.59 Å². The van der Waals surface area contributed by atoms with E-state index >= 15 is 0 Å². The summed E-state index contributed by atoms with van der Waals surface area (Å²) in [6.45, 7) is 2.09. The van der Waals surface area contributed by atoms with Crippen molar-refractivity contribution in [2.24, 2.45) is 0 Å². The molecule has 0 fully saturated rings. The summed E-state index contributed by atoms with van der Waals surface area (Å²) in [5.41, 5.74) is 1.80. The molecule has 0 aliphatic rings. The van der Waals surface area contributed by atoms with Gasteiger partial charge in [0.25, 0.3) is 5.91 Å². The molecule has 2 aromatic rings. The lowest BCUT2D eigenvalue weighted by atomic mass is 10.2. The first-order chi connectivity index (χ1) is 12.1. The van der Waals surface area contributed by atoms with Gasteiger partial charge in [0.2, 0.25) is 0 Å². The monoisotopic (exact) mass is 361 g/mol. The Hall–Kier alpha value is -2.53. The molecule has 6 heteroatoms. The Bertz CT molecular complexity index is 733. The van der Waals surface area contributed by atoms with E-state index in [1.54, 1.807) is 6.07 Å². The normalized spacial score (nSPS) is 10.2. The lowest BCUT2D eigenvalue weighted by Gasteiger charge is -2.09. The van der Waals surface area contributed by atoms with Crippen LogP contribution in [0.25, 0.3) is 0 Å². The number of hydrogen-bond donors (Lipinski definition) is 1. The molecule has 0 unspecified atom stereocenters. The first kappa shape index (κ1) is 18.8. The van der Waals surface area contributed by atoms with E-state index in [1.807, 2.05) is 49.4 Å². The summed E-state index contributed by atoms with van der Waals surface area (Å²) < 4.78 is 10.4. The summed E-state index contributed by atoms with van der Waals surface area (Å²) in [6, 6.07) is 14.8. The Morgan fingerprint density at radius 3 is 2.56 bits per heavy atom. The van der Waals surface area contributed by atoms with Crippen molar-refractivity contribution >= 4 is 23.5 Å². The molecular weight excluding hydrogens is 342 g/mol. The van der Waals surface area contributed by atoms with Crippen molar-refractivity contribution in [3.8, 4) is 5.75 Å². The van der Waals surface area contributed by atoms with Crippen molar-refractivity contribution in [3.63, 3.8) is 0 Å². The van der Waals surface area contributed by atoms with Gasteiger partial charge in [0.15, 0.2) is 6.61 Å². The third kappa shape index (κ3) is 6.47. The Balaban J connectivity index is 1.63. The maximum Gasteiger partial charge on any atom is 0.309 e. The fourth-order valence-electron chi connectivity index (χ4n) is 2.07. The molecule has 0 aliphatic heterocycles. The number of aryl methyl sites for hydroxylation is 1. The zero-order chi connectivity index (χ0) is 18.1. The number of para-hydroxylation sites is 1. The fraction of sp³-hybridized carbons (Fsp3) is 0.263. The van der Waals surface area contributed by atoms with Gasteiger partial charge < -0.3 is 14.8 Å². The second kappa shape index (κ2) is 9.69. The van der Waals surface area contributed by atoms with Gasteiger partial charge in [-0.1, -0.05) is 48.0 Å². The fourth-order valence-corrected chi connectivity index (χ4v) is 2.27. The van der Waals surface area contributed by atoms with Gasteiger partial charge in [-0.05, 0) is 30.2 Å². The molecule has 0 saturated heterocycles. The van der Waals surface area contributed by atoms with Crippen LogP contribution in [0.3, 0.4) is 0 Å². The molecule has 2 rings (SSSR count). The van der Waals surface area contributed by atoms with E-state index in [1.165, 1.54) is 0 Å². The SMILES string of the molecule is Cc1ccccc1OCCC(=O)OCC(=O)NCc1ccccc1Cl. The number of amides is 1. The Labute approximate surface area is 151 Å². The van der Waals surface area contributed by atoms with Gasteiger partial charge in [0.1, 0.15) is 5.75 Å². The molecule has 0 aliphatic carbocycles. The average molecular weight is 362 g/mol. The number of rotatable bonds is 8. The first-order valence-corrected chi connectivity index (χ1v) is 8.28. The van der Waals surface area contributed by atoms with Crippen LogP contribution in [0.5, 0.6) is 5.75 Å². The summed E-state index contributed by atoms with van der Waals surface area (Å²) in [7, 11) is 0. The van der Waals surface area contributed by atoms with Crippen molar-refractivity contribution in [2.75, 3.05) is 13.2 Å². The van der Waals surface area contributed by atoms with Gasteiger partial charge in [-0.15, -0.1) is 0 Å². The van der Waals surface area contributed by atoms with Crippen LogP contribution in [0.1, 0.15) is 17.5 Å². The molecule has 25 heavy (non-hydrogen) atoms. The number of benzene rings is 2. The molecule has 5 nitrogen and oxygen atoms in total. The van der Waals surface area contributed by atoms with E-state index < -0.39 is 5.97 Å². The number of carbonyl (C=O) groups excluding carboxylic acids is 2. The molecular formula is C19H20ClNO4. The van der Waals surface area contributed by atoms with Gasteiger partial charge in [0.05, 0.1) is 13.0 Å². The number of carbonyl (C=O) groups is 2. The van der Waals surface area contributed by atoms with Crippen molar-refractivity contribution in [1.29, 1.82) is 0 Å². The smallest absolute Gasteiger partial charge is 0.309 e. The van der Waals surface area contributed by atoms with Crippen LogP contribution in [0.2, 0.25) is 5.02 Å². The zero-order valence-electron chi connectivity index (χ0n) is 14.0. The molecule has 0 spiro atoms. The van der Waals surface area contributed by atoms with Crippen LogP contribution in [0.4, 0.5) is 0 Å². The van der Waals surface area contributed by atoms with E-state index in [9.17, 15) is 9.59 Å². The Morgan fingerprint density at radius 2 is 1.80 bits per heavy atom. The minimum atomic E-state index is -0.485. The predicted octanol–water partition coefficient (Wildman–Crippen LogP) is 3.28. The molecule has 1 N–H and O–H groups in total. The van der Waals surface area contributed by atoms with Gasteiger partial charge in [-0.25, -0.2) is 0 Å². The van der Waals surface area contributed by atoms with Crippen LogP contribution in [0, 0.1) is 6.92 Å². The number of halogens is 1. The standard InChI is InChI=1S/C19H20ClNO4/c1-14-6-2-5-9-17(14)24-11-10-19(23)25-13-18(22)21-12-15-7-3-4-8-16(15)20/h2-9H,10-13H2,1H3,(H,21,22). The van der Waals surface area contributed by atoms with Crippen LogP contribution in [-0.2, 0) is 20.9 Å². The molecule has 1 amide bonds. The highest BCUT2D eigenvalue weighted by Gasteiger charge is 2.09. The molecule has 132 valence electrons. The van der Waals surface area contributed by atoms with Gasteiger partial charge >= 0.3 is 5.97 Å². The highest BCUT2D eigenvalue weighted by Crippen LogP contribution is 2.16. The van der Waals surface area contributed by atoms with Crippen molar-refractivity contribution in [1.82, 2.24) is 5.32 Å². The quantitative estimate of drug-likeness (QED) is 0.733. The van der Waals surface area contributed by atoms with E-state index in [2.05, 4.69) is 5.32 Å². The van der Waals surface area contributed by atoms with Crippen LogP contribution >= 0.6 is 11.6 Å². The lowest BCUT2D eigenvalue weighted by Crippen LogP contribution is -2.28. The van der Waals surface area contributed by atoms with E-state index in [-0.39, 0.29) is 32.1 Å². The van der Waals surface area contributed by atoms with Gasteiger partial charge in [0, 0.05) is 11.6 Å². The van der Waals surface area contributed by atoms with Crippen molar-refractivity contribution in [3.05, 3.63) is 64.7 Å². The van der Waals surface area contributed by atoms with Crippen LogP contribution < -0.4 is 10.1 Å². The minimum absolute atomic E-state index is 0.0755. The Morgan fingerprint density at radius 1 is 1.08 bits per heavy atom. The number of ether oxygens (including phenoxy) is 2. The minimum Gasteiger partial charge on any atom is -0.493 e. The number of nitrogens with one attached hydrogen (secondary N) is 1. The summed E-state index contributed by atoms with van der Waals surface area (Å²) in [6.07, 6.45) is 0.0755. The maximum atomic E-state index is 11.7. The van der Waals surface area contributed by atoms with Gasteiger partial charge in [-0.2, -0.15) is 0 Å². The third-order valence-electron chi connectivity index (χ3n) is 3.46. The summed E-state index contributed by atoms with van der Waals surface area (Å²) >= 11 is 6.00. The summed E-state index contributed by atoms with van der Waals surface area (Å²) in [5, 5.41) is 3.23. The molecule has 0 bridgehead atoms. The number of hydrogen-bond acceptors (Lipinski definition) is 4. The maximum absolute atomic E-state index is 11.7. The van der Waals surface area contributed by atoms with Crippen LogP contribution in [-0.4, -0.2) is 25.1 Å². The predicted molar refractivity (Wildman–Crippen MR) is 95.5 cm³/mol. The topological polar surface area (TPSA) is 64.6 Å². The highest BCUT2D eigenvalue weighted by molar-refractivity contribution is 6.31. The molecule has 2 aromatic carbocycles. The second-order valence-corrected chi connectivity index (χ2v) is 5.80. The first-order valence-electron chi connectivity index (χ1n) is 7.90. The molecule has 0 atom stereocenters. The third-order valence-corrected chi connectivity index (χ3v) is 3.82. The van der Waals surface area contributed by atoms with Crippen molar-refractivity contribution in [2.45, 2.75) is 19.9 Å². The molecule has 0 radical (unpaired) electrons. The van der Waals surface area contributed by atoms with Crippen LogP contribution in [0.15, 0.2) is 48.5 Å². The van der Waals surface area contributed by atoms with E-state index in [4.69, 9.17) is 21.1 Å². The lowest BCUT2D eigenvalue weighted by molar-refractivity contribution is -0.149. The number of esters is 1. The summed E-state index contributed by atoms with van der Waals surface area (Å²) in [5.74, 6) is -0.137. The summed E-state index contributed by atoms with van der Waals surface area (Å²) in [4.78, 5) is 23.4. The highest BCUT2D eigenvalue weighted by atomic mass is 35.5. The zero-order valence-corrected chi connectivity index (χ0v) is 14.7. The largest absolute Gasteiger partial charge is 0.493 e.